The van der Waals surface area contributed by atoms with Crippen LogP contribution < -0.4 is 10.6 Å². The van der Waals surface area contributed by atoms with Crippen molar-refractivity contribution in [2.24, 2.45) is 0 Å². The molecule has 0 spiro atoms. The Morgan fingerprint density at radius 3 is 2.54 bits per heavy atom. The van der Waals surface area contributed by atoms with Gasteiger partial charge in [0.15, 0.2) is 0 Å². The summed E-state index contributed by atoms with van der Waals surface area (Å²) in [4.78, 5) is 40.8. The summed E-state index contributed by atoms with van der Waals surface area (Å²) >= 11 is 1.30. The Balaban J connectivity index is 2.25. The molecule has 0 saturated heterocycles. The molecule has 0 radical (unpaired) electrons. The summed E-state index contributed by atoms with van der Waals surface area (Å²) in [7, 11) is 0. The van der Waals surface area contributed by atoms with E-state index in [9.17, 15) is 14.4 Å². The second-order valence-electron chi connectivity index (χ2n) is 5.10. The van der Waals surface area contributed by atoms with Crippen LogP contribution in [0.2, 0.25) is 0 Å². The van der Waals surface area contributed by atoms with Crippen LogP contribution in [0.15, 0.2) is 53.7 Å². The first-order chi connectivity index (χ1) is 12.6. The zero-order chi connectivity index (χ0) is 18.9. The fraction of sp³-hybridized carbons (Fsp3) is 0.222. The van der Waals surface area contributed by atoms with Crippen molar-refractivity contribution >= 4 is 29.7 Å². The van der Waals surface area contributed by atoms with Gasteiger partial charge in [-0.3, -0.25) is 10.1 Å². The molecule has 0 aliphatic heterocycles. The van der Waals surface area contributed by atoms with E-state index in [0.717, 1.165) is 0 Å². The predicted octanol–water partition coefficient (Wildman–Crippen LogP) is 2.55. The third-order valence-corrected chi connectivity index (χ3v) is 4.04. The number of hydrogen-bond donors (Lipinski definition) is 2. The van der Waals surface area contributed by atoms with Gasteiger partial charge in [-0.25, -0.2) is 14.6 Å². The summed E-state index contributed by atoms with van der Waals surface area (Å²) < 4.78 is 5.42. The smallest absolute Gasteiger partial charge is 0.342 e. The number of carbonyl (C=O) groups excluding carboxylic acids is 3. The summed E-state index contributed by atoms with van der Waals surface area (Å²) in [5.74, 6) is -1.42. The maximum atomic E-state index is 12.6. The van der Waals surface area contributed by atoms with Crippen molar-refractivity contribution in [1.29, 1.82) is 0 Å². The summed E-state index contributed by atoms with van der Waals surface area (Å²) in [6.45, 7) is 2.09. The average molecular weight is 373 g/mol. The zero-order valence-corrected chi connectivity index (χ0v) is 15.2. The molecule has 8 heteroatoms. The van der Waals surface area contributed by atoms with Crippen LogP contribution in [-0.4, -0.2) is 35.7 Å². The van der Waals surface area contributed by atoms with E-state index in [1.807, 2.05) is 0 Å². The van der Waals surface area contributed by atoms with E-state index in [-0.39, 0.29) is 5.56 Å². The molecule has 7 nitrogen and oxygen atoms in total. The number of pyridine rings is 1. The van der Waals surface area contributed by atoms with Gasteiger partial charge in [-0.05, 0) is 25.3 Å². The van der Waals surface area contributed by atoms with Crippen molar-refractivity contribution in [3.05, 3.63) is 59.8 Å². The van der Waals surface area contributed by atoms with Gasteiger partial charge in [0.05, 0.1) is 5.56 Å². The Hall–Kier alpha value is -2.87. The molecule has 0 fully saturated rings. The topological polar surface area (TPSA) is 97.4 Å². The average Bonchev–Trinajstić information content (AvgIpc) is 2.66. The minimum Gasteiger partial charge on any atom is -0.444 e. The maximum Gasteiger partial charge on any atom is 0.342 e. The SMILES string of the molecule is CCNC(=O)NC(=O)[C@@H](OC(=O)c1cccnc1SC)c1ccccc1. The molecule has 1 heterocycles. The van der Waals surface area contributed by atoms with Gasteiger partial charge in [-0.2, -0.15) is 0 Å². The number of esters is 1. The number of amides is 3. The first kappa shape index (κ1) is 19.5. The minimum atomic E-state index is -1.26. The number of urea groups is 1. The zero-order valence-electron chi connectivity index (χ0n) is 14.4. The number of ether oxygens (including phenoxy) is 1. The van der Waals surface area contributed by atoms with Crippen LogP contribution in [0.25, 0.3) is 0 Å². The first-order valence-electron chi connectivity index (χ1n) is 7.90. The van der Waals surface area contributed by atoms with E-state index in [0.29, 0.717) is 17.1 Å². The van der Waals surface area contributed by atoms with Gasteiger partial charge >= 0.3 is 12.0 Å². The van der Waals surface area contributed by atoms with Crippen LogP contribution in [0.3, 0.4) is 0 Å². The van der Waals surface area contributed by atoms with E-state index < -0.39 is 24.0 Å². The Morgan fingerprint density at radius 2 is 1.88 bits per heavy atom. The highest BCUT2D eigenvalue weighted by atomic mass is 32.2. The molecule has 0 saturated carbocycles. The van der Waals surface area contributed by atoms with Gasteiger partial charge in [-0.15, -0.1) is 11.8 Å². The summed E-state index contributed by atoms with van der Waals surface area (Å²) in [6.07, 6.45) is 2.09. The lowest BCUT2D eigenvalue weighted by atomic mass is 10.1. The van der Waals surface area contributed by atoms with Crippen LogP contribution in [0.5, 0.6) is 0 Å². The van der Waals surface area contributed by atoms with E-state index in [1.165, 1.54) is 11.8 Å². The summed E-state index contributed by atoms with van der Waals surface area (Å²) in [5.41, 5.74) is 0.712. The number of nitrogens with zero attached hydrogens (tertiary/aromatic N) is 1. The summed E-state index contributed by atoms with van der Waals surface area (Å²) in [5, 5.41) is 5.13. The second-order valence-corrected chi connectivity index (χ2v) is 5.90. The van der Waals surface area contributed by atoms with Gasteiger partial charge in [0.2, 0.25) is 6.10 Å². The van der Waals surface area contributed by atoms with Crippen molar-refractivity contribution in [3.63, 3.8) is 0 Å². The molecule has 1 atom stereocenters. The molecule has 2 N–H and O–H groups in total. The van der Waals surface area contributed by atoms with Gasteiger partial charge in [0.25, 0.3) is 5.91 Å². The molecule has 2 aromatic rings. The lowest BCUT2D eigenvalue weighted by molar-refractivity contribution is -0.129. The van der Waals surface area contributed by atoms with Crippen molar-refractivity contribution in [2.75, 3.05) is 12.8 Å². The van der Waals surface area contributed by atoms with Gasteiger partial charge in [0.1, 0.15) is 5.03 Å². The highest BCUT2D eigenvalue weighted by Gasteiger charge is 2.28. The number of thioether (sulfide) groups is 1. The number of carbonyl (C=O) groups is 3. The fourth-order valence-electron chi connectivity index (χ4n) is 2.16. The second kappa shape index (κ2) is 9.57. The predicted molar refractivity (Wildman–Crippen MR) is 97.8 cm³/mol. The normalized spacial score (nSPS) is 11.3. The van der Waals surface area contributed by atoms with E-state index in [1.54, 1.807) is 61.8 Å². The lowest BCUT2D eigenvalue weighted by Crippen LogP contribution is -2.42. The van der Waals surface area contributed by atoms with Gasteiger partial charge in [-0.1, -0.05) is 30.3 Å². The Labute approximate surface area is 155 Å². The number of rotatable bonds is 6. The maximum absolute atomic E-state index is 12.6. The molecule has 3 amide bonds. The van der Waals surface area contributed by atoms with Crippen LogP contribution in [-0.2, 0) is 9.53 Å². The molecule has 0 bridgehead atoms. The molecule has 136 valence electrons. The molecular formula is C18H19N3O4S. The third kappa shape index (κ3) is 5.06. The van der Waals surface area contributed by atoms with E-state index in [2.05, 4.69) is 15.6 Å². The van der Waals surface area contributed by atoms with Crippen LogP contribution in [0, 0.1) is 0 Å². The first-order valence-corrected chi connectivity index (χ1v) is 9.13. The van der Waals surface area contributed by atoms with Crippen LogP contribution in [0.4, 0.5) is 4.79 Å². The standard InChI is InChI=1S/C18H19N3O4S/c1-3-19-18(24)21-15(22)14(12-8-5-4-6-9-12)25-17(23)13-10-7-11-20-16(13)26-2/h4-11,14H,3H2,1-2H3,(H2,19,21,22,24)/t14-/m0/s1. The number of aromatic nitrogens is 1. The van der Waals surface area contributed by atoms with Crippen molar-refractivity contribution < 1.29 is 19.1 Å². The minimum absolute atomic E-state index is 0.256. The molecule has 1 aromatic heterocycles. The summed E-state index contributed by atoms with van der Waals surface area (Å²) in [6, 6.07) is 11.0. The van der Waals surface area contributed by atoms with E-state index >= 15 is 0 Å². The molecule has 0 unspecified atom stereocenters. The van der Waals surface area contributed by atoms with Crippen molar-refractivity contribution in [3.8, 4) is 0 Å². The molecule has 2 rings (SSSR count). The number of nitrogens with one attached hydrogen (secondary N) is 2. The van der Waals surface area contributed by atoms with Crippen LogP contribution >= 0.6 is 11.8 Å². The monoisotopic (exact) mass is 373 g/mol. The lowest BCUT2D eigenvalue weighted by Gasteiger charge is -2.18. The number of benzene rings is 1. The highest BCUT2D eigenvalue weighted by molar-refractivity contribution is 7.98. The Morgan fingerprint density at radius 1 is 1.15 bits per heavy atom. The Kier molecular flexibility index (Phi) is 7.16. The molecule has 0 aliphatic carbocycles. The molecule has 26 heavy (non-hydrogen) atoms. The fourth-order valence-corrected chi connectivity index (χ4v) is 2.70. The third-order valence-electron chi connectivity index (χ3n) is 3.32. The van der Waals surface area contributed by atoms with Gasteiger partial charge in [0, 0.05) is 18.3 Å². The quantitative estimate of drug-likeness (QED) is 0.597. The molecule has 1 aromatic carbocycles. The molecule has 0 aliphatic rings. The molecular weight excluding hydrogens is 354 g/mol. The number of imide groups is 1. The highest BCUT2D eigenvalue weighted by Crippen LogP contribution is 2.23. The largest absolute Gasteiger partial charge is 0.444 e. The van der Waals surface area contributed by atoms with Crippen molar-refractivity contribution in [1.82, 2.24) is 15.6 Å². The Bertz CT molecular complexity index is 783. The van der Waals surface area contributed by atoms with Crippen molar-refractivity contribution in [2.45, 2.75) is 18.1 Å². The van der Waals surface area contributed by atoms with Crippen LogP contribution in [0.1, 0.15) is 28.9 Å². The number of hydrogen-bond acceptors (Lipinski definition) is 6. The van der Waals surface area contributed by atoms with E-state index in [4.69, 9.17) is 4.74 Å². The van der Waals surface area contributed by atoms with Gasteiger partial charge < -0.3 is 10.1 Å².